The summed E-state index contributed by atoms with van der Waals surface area (Å²) < 4.78 is 0. The predicted octanol–water partition coefficient (Wildman–Crippen LogP) is 2.32. The molecule has 0 bridgehead atoms. The van der Waals surface area contributed by atoms with E-state index >= 15 is 0 Å². The van der Waals surface area contributed by atoms with E-state index in [1.165, 1.54) is 0 Å². The fourth-order valence-corrected chi connectivity index (χ4v) is 2.14. The number of nitrogens with zero attached hydrogens (tertiary/aromatic N) is 1. The first-order valence-electron chi connectivity index (χ1n) is 5.48. The molecule has 1 aromatic rings. The summed E-state index contributed by atoms with van der Waals surface area (Å²) in [5.41, 5.74) is 1.74. The molecule has 1 N–H and O–H groups in total. The van der Waals surface area contributed by atoms with E-state index in [0.717, 1.165) is 11.3 Å². The van der Waals surface area contributed by atoms with Gasteiger partial charge in [-0.05, 0) is 31.5 Å². The summed E-state index contributed by atoms with van der Waals surface area (Å²) in [5.74, 6) is 1.26. The fourth-order valence-electron chi connectivity index (χ4n) is 1.36. The van der Waals surface area contributed by atoms with Crippen molar-refractivity contribution in [2.75, 3.05) is 5.75 Å². The highest BCUT2D eigenvalue weighted by Gasteiger charge is 2.03. The van der Waals surface area contributed by atoms with E-state index in [1.807, 2.05) is 32.0 Å². The minimum absolute atomic E-state index is 0.0569. The maximum absolute atomic E-state index is 11.4. The topological polar surface area (TPSA) is 52.9 Å². The van der Waals surface area contributed by atoms with Crippen molar-refractivity contribution < 1.29 is 4.79 Å². The van der Waals surface area contributed by atoms with Gasteiger partial charge >= 0.3 is 0 Å². The van der Waals surface area contributed by atoms with E-state index in [0.29, 0.717) is 11.3 Å². The molecule has 0 saturated carbocycles. The van der Waals surface area contributed by atoms with Crippen LogP contribution in [0.3, 0.4) is 0 Å². The number of hydrogen-bond acceptors (Lipinski definition) is 3. The van der Waals surface area contributed by atoms with Gasteiger partial charge in [0.1, 0.15) is 0 Å². The first kappa shape index (κ1) is 13.6. The van der Waals surface area contributed by atoms with Gasteiger partial charge in [-0.15, -0.1) is 11.8 Å². The number of nitrogens with one attached hydrogen (secondary N) is 1. The smallest absolute Gasteiger partial charge is 0.230 e. The van der Waals surface area contributed by atoms with Crippen LogP contribution >= 0.6 is 11.8 Å². The molecule has 3 nitrogen and oxygen atoms in total. The third-order valence-corrected chi connectivity index (χ3v) is 3.01. The Morgan fingerprint density at radius 3 is 2.94 bits per heavy atom. The van der Waals surface area contributed by atoms with Crippen LogP contribution in [0.15, 0.2) is 24.3 Å². The molecule has 0 aromatic heterocycles. The average molecular weight is 248 g/mol. The molecular weight excluding hydrogens is 232 g/mol. The highest BCUT2D eigenvalue weighted by atomic mass is 32.2. The predicted molar refractivity (Wildman–Crippen MR) is 70.6 cm³/mol. The number of rotatable bonds is 5. The molecule has 0 spiro atoms. The summed E-state index contributed by atoms with van der Waals surface area (Å²) in [6.07, 6.45) is 0. The Kier molecular flexibility index (Phi) is 5.58. The lowest BCUT2D eigenvalue weighted by molar-refractivity contribution is -0.119. The van der Waals surface area contributed by atoms with Crippen LogP contribution in [0, 0.1) is 11.3 Å². The van der Waals surface area contributed by atoms with Crippen LogP contribution in [0.1, 0.15) is 25.0 Å². The number of thioether (sulfide) groups is 1. The van der Waals surface area contributed by atoms with Crippen molar-refractivity contribution in [3.63, 3.8) is 0 Å². The first-order chi connectivity index (χ1) is 8.11. The summed E-state index contributed by atoms with van der Waals surface area (Å²) in [4.78, 5) is 11.4. The van der Waals surface area contributed by atoms with E-state index in [9.17, 15) is 4.79 Å². The largest absolute Gasteiger partial charge is 0.353 e. The molecular formula is C13H16N2OS. The maximum Gasteiger partial charge on any atom is 0.230 e. The van der Waals surface area contributed by atoms with Crippen molar-refractivity contribution in [2.45, 2.75) is 25.6 Å². The molecule has 0 fully saturated rings. The number of nitriles is 1. The summed E-state index contributed by atoms with van der Waals surface area (Å²) in [7, 11) is 0. The molecule has 0 unspecified atom stereocenters. The Bertz CT molecular complexity index is 424. The Morgan fingerprint density at radius 1 is 1.53 bits per heavy atom. The molecule has 4 heteroatoms. The summed E-state index contributed by atoms with van der Waals surface area (Å²) in [5, 5.41) is 11.6. The normalized spacial score (nSPS) is 10.0. The zero-order chi connectivity index (χ0) is 12.7. The lowest BCUT2D eigenvalue weighted by Gasteiger charge is -2.07. The molecule has 0 aliphatic carbocycles. The van der Waals surface area contributed by atoms with Gasteiger partial charge < -0.3 is 5.32 Å². The molecule has 1 rings (SSSR count). The zero-order valence-electron chi connectivity index (χ0n) is 10.1. The number of amides is 1. The van der Waals surface area contributed by atoms with Gasteiger partial charge in [-0.25, -0.2) is 0 Å². The minimum atomic E-state index is 0.0569. The van der Waals surface area contributed by atoms with Gasteiger partial charge in [0.2, 0.25) is 5.91 Å². The van der Waals surface area contributed by atoms with Crippen LogP contribution in [0.25, 0.3) is 0 Å². The van der Waals surface area contributed by atoms with Crippen molar-refractivity contribution in [1.29, 1.82) is 5.26 Å². The first-order valence-corrected chi connectivity index (χ1v) is 6.63. The van der Waals surface area contributed by atoms with E-state index in [4.69, 9.17) is 5.26 Å². The van der Waals surface area contributed by atoms with Gasteiger partial charge in [0.15, 0.2) is 0 Å². The van der Waals surface area contributed by atoms with Crippen LogP contribution < -0.4 is 5.32 Å². The quantitative estimate of drug-likeness (QED) is 0.870. The zero-order valence-corrected chi connectivity index (χ0v) is 10.9. The molecule has 0 saturated heterocycles. The summed E-state index contributed by atoms with van der Waals surface area (Å²) in [6, 6.07) is 9.75. The van der Waals surface area contributed by atoms with E-state index < -0.39 is 0 Å². The third kappa shape index (κ3) is 5.41. The van der Waals surface area contributed by atoms with E-state index in [-0.39, 0.29) is 11.9 Å². The van der Waals surface area contributed by atoms with Crippen molar-refractivity contribution in [2.24, 2.45) is 0 Å². The molecule has 0 radical (unpaired) electrons. The number of carbonyl (C=O) groups excluding carboxylic acids is 1. The SMILES string of the molecule is CC(C)NC(=O)CSCc1cccc(C#N)c1. The van der Waals surface area contributed by atoms with Crippen LogP contribution in [0.5, 0.6) is 0 Å². The molecule has 0 heterocycles. The molecule has 1 amide bonds. The number of carbonyl (C=O) groups is 1. The third-order valence-electron chi connectivity index (χ3n) is 2.01. The molecule has 1 aromatic carbocycles. The average Bonchev–Trinajstić information content (AvgIpc) is 2.28. The van der Waals surface area contributed by atoms with Gasteiger partial charge in [-0.2, -0.15) is 5.26 Å². The van der Waals surface area contributed by atoms with E-state index in [2.05, 4.69) is 11.4 Å². The molecule has 0 atom stereocenters. The second kappa shape index (κ2) is 6.97. The Hall–Kier alpha value is -1.47. The van der Waals surface area contributed by atoms with Gasteiger partial charge in [-0.3, -0.25) is 4.79 Å². The van der Waals surface area contributed by atoms with Gasteiger partial charge in [0, 0.05) is 11.8 Å². The van der Waals surface area contributed by atoms with Gasteiger partial charge in [0.05, 0.1) is 17.4 Å². The van der Waals surface area contributed by atoms with Crippen LogP contribution in [0.4, 0.5) is 0 Å². The second-order valence-corrected chi connectivity index (χ2v) is 5.01. The number of hydrogen-bond donors (Lipinski definition) is 1. The van der Waals surface area contributed by atoms with Crippen molar-refractivity contribution in [1.82, 2.24) is 5.32 Å². The summed E-state index contributed by atoms with van der Waals surface area (Å²) >= 11 is 1.55. The monoisotopic (exact) mass is 248 g/mol. The van der Waals surface area contributed by atoms with Crippen LogP contribution in [-0.4, -0.2) is 17.7 Å². The Balaban J connectivity index is 2.36. The van der Waals surface area contributed by atoms with Crippen LogP contribution in [-0.2, 0) is 10.5 Å². The van der Waals surface area contributed by atoms with Gasteiger partial charge in [-0.1, -0.05) is 12.1 Å². The standard InChI is InChI=1S/C13H16N2OS/c1-10(2)15-13(16)9-17-8-12-5-3-4-11(6-12)7-14/h3-6,10H,8-9H2,1-2H3,(H,15,16). The highest BCUT2D eigenvalue weighted by Crippen LogP contribution is 2.13. The molecule has 0 aliphatic rings. The second-order valence-electron chi connectivity index (χ2n) is 4.03. The Labute approximate surface area is 106 Å². The van der Waals surface area contributed by atoms with Crippen molar-refractivity contribution >= 4 is 17.7 Å². The molecule has 90 valence electrons. The van der Waals surface area contributed by atoms with Gasteiger partial charge in [0.25, 0.3) is 0 Å². The molecule has 0 aliphatic heterocycles. The number of benzene rings is 1. The van der Waals surface area contributed by atoms with Crippen LogP contribution in [0.2, 0.25) is 0 Å². The lowest BCUT2D eigenvalue weighted by Crippen LogP contribution is -2.31. The van der Waals surface area contributed by atoms with E-state index in [1.54, 1.807) is 17.8 Å². The molecule has 17 heavy (non-hydrogen) atoms. The van der Waals surface area contributed by atoms with Crippen molar-refractivity contribution in [3.8, 4) is 6.07 Å². The minimum Gasteiger partial charge on any atom is -0.353 e. The highest BCUT2D eigenvalue weighted by molar-refractivity contribution is 7.99. The lowest BCUT2D eigenvalue weighted by atomic mass is 10.2. The van der Waals surface area contributed by atoms with Crippen molar-refractivity contribution in [3.05, 3.63) is 35.4 Å². The Morgan fingerprint density at radius 2 is 2.29 bits per heavy atom. The maximum atomic E-state index is 11.4. The summed E-state index contributed by atoms with van der Waals surface area (Å²) in [6.45, 7) is 3.89. The fraction of sp³-hybridized carbons (Fsp3) is 0.385.